The van der Waals surface area contributed by atoms with Crippen LogP contribution in [0.25, 0.3) is 11.4 Å². The van der Waals surface area contributed by atoms with Crippen molar-refractivity contribution in [3.05, 3.63) is 34.6 Å². The van der Waals surface area contributed by atoms with Crippen LogP contribution in [0.3, 0.4) is 0 Å². The number of amides is 1. The molecule has 5 unspecified atom stereocenters. The number of aromatic nitrogens is 3. The molecule has 1 aromatic carbocycles. The molecule has 1 aliphatic heterocycles. The van der Waals surface area contributed by atoms with Crippen LogP contribution in [-0.2, 0) is 9.53 Å². The van der Waals surface area contributed by atoms with Crippen molar-refractivity contribution in [3.63, 3.8) is 0 Å². The molecule has 0 radical (unpaired) electrons. The fourth-order valence-corrected chi connectivity index (χ4v) is 4.06. The van der Waals surface area contributed by atoms with Crippen molar-refractivity contribution < 1.29 is 24.9 Å². The molecule has 10 heteroatoms. The maximum atomic E-state index is 11.7. The largest absolute Gasteiger partial charge is 0.394 e. The highest BCUT2D eigenvalue weighted by molar-refractivity contribution is 7.71. The monoisotopic (exact) mass is 436 g/mol. The van der Waals surface area contributed by atoms with Crippen molar-refractivity contribution in [3.8, 4) is 11.4 Å². The maximum Gasteiger partial charge on any atom is 0.217 e. The zero-order chi connectivity index (χ0) is 22.2. The number of benzene rings is 1. The first kappa shape index (κ1) is 22.6. The van der Waals surface area contributed by atoms with Crippen LogP contribution in [0.1, 0.15) is 38.6 Å². The molecule has 1 aliphatic rings. The number of rotatable bonds is 5. The number of hydrogen-bond acceptors (Lipinski definition) is 7. The van der Waals surface area contributed by atoms with Crippen molar-refractivity contribution in [1.29, 1.82) is 0 Å². The minimum Gasteiger partial charge on any atom is -0.394 e. The summed E-state index contributed by atoms with van der Waals surface area (Å²) in [7, 11) is 0. The molecule has 2 aromatic rings. The molecule has 1 amide bonds. The van der Waals surface area contributed by atoms with E-state index in [-0.39, 0.29) is 6.04 Å². The van der Waals surface area contributed by atoms with Crippen LogP contribution in [0.2, 0.25) is 0 Å². The third kappa shape index (κ3) is 4.19. The number of aliphatic hydroxyl groups excluding tert-OH is 3. The Hall–Kier alpha value is -2.11. The zero-order valence-electron chi connectivity index (χ0n) is 17.4. The second kappa shape index (κ2) is 8.94. The molecule has 0 aliphatic carbocycles. The van der Waals surface area contributed by atoms with Gasteiger partial charge in [-0.3, -0.25) is 9.36 Å². The molecule has 3 rings (SSSR count). The molecule has 1 aromatic heterocycles. The maximum absolute atomic E-state index is 11.7. The summed E-state index contributed by atoms with van der Waals surface area (Å²) in [5, 5.41) is 37.7. The summed E-state index contributed by atoms with van der Waals surface area (Å²) in [4.78, 5) is 11.7. The van der Waals surface area contributed by atoms with E-state index in [1.807, 2.05) is 49.6 Å². The smallest absolute Gasteiger partial charge is 0.217 e. The predicted molar refractivity (Wildman–Crippen MR) is 112 cm³/mol. The van der Waals surface area contributed by atoms with Gasteiger partial charge in [-0.15, -0.1) is 5.10 Å². The SMILES string of the molecule is CC(=O)NC1C(O)C(O)C(CO)OC1n1nc(-c2ccc(C)cc2)n(C(C)C)c1=S. The van der Waals surface area contributed by atoms with Crippen molar-refractivity contribution in [2.45, 2.75) is 64.3 Å². The minimum atomic E-state index is -1.38. The van der Waals surface area contributed by atoms with Gasteiger partial charge in [0.25, 0.3) is 0 Å². The van der Waals surface area contributed by atoms with Crippen molar-refractivity contribution in [2.24, 2.45) is 0 Å². The number of carbonyl (C=O) groups is 1. The highest BCUT2D eigenvalue weighted by atomic mass is 32.1. The average Bonchev–Trinajstić information content (AvgIpc) is 3.03. The Morgan fingerprint density at radius 2 is 1.90 bits per heavy atom. The summed E-state index contributed by atoms with van der Waals surface area (Å²) in [6.45, 7) is 6.74. The quantitative estimate of drug-likeness (QED) is 0.518. The van der Waals surface area contributed by atoms with Crippen LogP contribution < -0.4 is 5.32 Å². The summed E-state index contributed by atoms with van der Waals surface area (Å²) in [5.41, 5.74) is 1.96. The summed E-state index contributed by atoms with van der Waals surface area (Å²) in [5.74, 6) is 0.206. The summed E-state index contributed by atoms with van der Waals surface area (Å²) < 4.78 is 9.46. The first-order valence-corrected chi connectivity index (χ1v) is 10.2. The lowest BCUT2D eigenvalue weighted by Crippen LogP contribution is -2.62. The minimum absolute atomic E-state index is 0.0190. The third-order valence-corrected chi connectivity index (χ3v) is 5.55. The van der Waals surface area contributed by atoms with E-state index in [0.29, 0.717) is 10.6 Å². The Bertz CT molecular complexity index is 955. The lowest BCUT2D eigenvalue weighted by molar-refractivity contribution is -0.219. The van der Waals surface area contributed by atoms with Gasteiger partial charge in [0.1, 0.15) is 24.4 Å². The normalized spacial score (nSPS) is 26.7. The van der Waals surface area contributed by atoms with Gasteiger partial charge >= 0.3 is 0 Å². The van der Waals surface area contributed by atoms with E-state index in [4.69, 9.17) is 17.0 Å². The molecule has 164 valence electrons. The van der Waals surface area contributed by atoms with Gasteiger partial charge in [-0.05, 0) is 33.0 Å². The second-order valence-electron chi connectivity index (χ2n) is 7.84. The number of aliphatic hydroxyl groups is 3. The molecule has 0 saturated carbocycles. The number of nitrogens with zero attached hydrogens (tertiary/aromatic N) is 3. The summed E-state index contributed by atoms with van der Waals surface area (Å²) >= 11 is 5.67. The number of nitrogens with one attached hydrogen (secondary N) is 1. The van der Waals surface area contributed by atoms with E-state index in [9.17, 15) is 20.1 Å². The Labute approximate surface area is 179 Å². The number of aryl methyl sites for hydroxylation is 1. The lowest BCUT2D eigenvalue weighted by Gasteiger charge is -2.42. The van der Waals surface area contributed by atoms with Crippen molar-refractivity contribution in [1.82, 2.24) is 19.7 Å². The summed E-state index contributed by atoms with van der Waals surface area (Å²) in [6, 6.07) is 6.81. The fourth-order valence-electron chi connectivity index (χ4n) is 3.62. The van der Waals surface area contributed by atoms with E-state index >= 15 is 0 Å². The first-order chi connectivity index (χ1) is 14.1. The topological polar surface area (TPSA) is 122 Å². The molecule has 2 heterocycles. The van der Waals surface area contributed by atoms with Crippen LogP contribution in [0, 0.1) is 11.7 Å². The highest BCUT2D eigenvalue weighted by Crippen LogP contribution is 2.31. The van der Waals surface area contributed by atoms with Crippen molar-refractivity contribution >= 4 is 18.1 Å². The van der Waals surface area contributed by atoms with E-state index in [0.717, 1.165) is 11.1 Å². The van der Waals surface area contributed by atoms with Crippen LogP contribution in [0.5, 0.6) is 0 Å². The third-order valence-electron chi connectivity index (χ3n) is 5.17. The molecule has 0 bridgehead atoms. The lowest BCUT2D eigenvalue weighted by atomic mass is 9.96. The fraction of sp³-hybridized carbons (Fsp3) is 0.550. The van der Waals surface area contributed by atoms with Gasteiger partial charge in [-0.1, -0.05) is 29.8 Å². The van der Waals surface area contributed by atoms with E-state index in [2.05, 4.69) is 10.4 Å². The Morgan fingerprint density at radius 3 is 2.43 bits per heavy atom. The number of ether oxygens (including phenoxy) is 1. The molecule has 30 heavy (non-hydrogen) atoms. The van der Waals surface area contributed by atoms with Crippen LogP contribution >= 0.6 is 12.2 Å². The number of carbonyl (C=O) groups excluding carboxylic acids is 1. The van der Waals surface area contributed by atoms with Gasteiger partial charge in [0, 0.05) is 18.5 Å². The van der Waals surface area contributed by atoms with Crippen molar-refractivity contribution in [2.75, 3.05) is 6.61 Å². The van der Waals surface area contributed by atoms with Gasteiger partial charge in [0.2, 0.25) is 10.7 Å². The first-order valence-electron chi connectivity index (χ1n) is 9.83. The highest BCUT2D eigenvalue weighted by Gasteiger charge is 2.46. The zero-order valence-corrected chi connectivity index (χ0v) is 18.2. The van der Waals surface area contributed by atoms with Gasteiger partial charge in [0.15, 0.2) is 12.1 Å². The van der Waals surface area contributed by atoms with Gasteiger partial charge in [0.05, 0.1) is 6.61 Å². The van der Waals surface area contributed by atoms with Crippen LogP contribution in [-0.4, -0.2) is 66.5 Å². The average molecular weight is 437 g/mol. The molecule has 5 atom stereocenters. The van der Waals surface area contributed by atoms with Gasteiger partial charge in [-0.2, -0.15) is 0 Å². The molecular weight excluding hydrogens is 408 g/mol. The second-order valence-corrected chi connectivity index (χ2v) is 8.20. The molecular formula is C20H28N4O5S. The molecule has 9 nitrogen and oxygen atoms in total. The van der Waals surface area contributed by atoms with Crippen LogP contribution in [0.15, 0.2) is 24.3 Å². The van der Waals surface area contributed by atoms with E-state index in [1.54, 1.807) is 0 Å². The number of hydrogen-bond donors (Lipinski definition) is 4. The molecule has 1 saturated heterocycles. The van der Waals surface area contributed by atoms with E-state index in [1.165, 1.54) is 11.6 Å². The van der Waals surface area contributed by atoms with Gasteiger partial charge in [-0.25, -0.2) is 4.68 Å². The Morgan fingerprint density at radius 1 is 1.27 bits per heavy atom. The van der Waals surface area contributed by atoms with E-state index < -0.39 is 43.1 Å². The molecule has 1 fully saturated rings. The molecule has 0 spiro atoms. The summed E-state index contributed by atoms with van der Waals surface area (Å²) in [6.07, 6.45) is -4.81. The van der Waals surface area contributed by atoms with Crippen LogP contribution in [0.4, 0.5) is 0 Å². The predicted octanol–water partition coefficient (Wildman–Crippen LogP) is 1.09. The standard InChI is InChI=1S/C20H28N4O5S/c1-10(2)23-18(13-7-5-11(3)6-8-13)22-24(20(23)30)19-15(21-12(4)26)17(28)16(27)14(9-25)29-19/h5-8,10,14-17,19,25,27-28H,9H2,1-4H3,(H,21,26). The Kier molecular flexibility index (Phi) is 6.73. The Balaban J connectivity index is 2.14. The molecule has 4 N–H and O–H groups in total. The van der Waals surface area contributed by atoms with Gasteiger partial charge < -0.3 is 25.4 Å².